The SMILES string of the molecule is Cc1cc(Cl)cc(I)c1CN1CCN(C(=O)OC(C)(C)C)C[C@@H]1C. The molecular weight excluding hydrogens is 439 g/mol. The average molecular weight is 465 g/mol. The van der Waals surface area contributed by atoms with Crippen LogP contribution in [-0.2, 0) is 11.3 Å². The number of carbonyl (C=O) groups excluding carboxylic acids is 1. The van der Waals surface area contributed by atoms with E-state index in [2.05, 4.69) is 41.3 Å². The molecule has 1 aromatic carbocycles. The summed E-state index contributed by atoms with van der Waals surface area (Å²) in [5.41, 5.74) is 2.08. The van der Waals surface area contributed by atoms with E-state index in [1.165, 1.54) is 14.7 Å². The summed E-state index contributed by atoms with van der Waals surface area (Å²) in [6.07, 6.45) is -0.216. The van der Waals surface area contributed by atoms with Crippen molar-refractivity contribution in [3.05, 3.63) is 31.9 Å². The van der Waals surface area contributed by atoms with Gasteiger partial charge >= 0.3 is 6.09 Å². The number of rotatable bonds is 2. The lowest BCUT2D eigenvalue weighted by molar-refractivity contribution is 0.00455. The molecule has 1 aliphatic heterocycles. The molecule has 0 aromatic heterocycles. The van der Waals surface area contributed by atoms with Crippen molar-refractivity contribution in [2.75, 3.05) is 19.6 Å². The van der Waals surface area contributed by atoms with E-state index < -0.39 is 5.60 Å². The van der Waals surface area contributed by atoms with Gasteiger partial charge < -0.3 is 9.64 Å². The Hall–Kier alpha value is -0.530. The zero-order valence-electron chi connectivity index (χ0n) is 15.0. The smallest absolute Gasteiger partial charge is 0.410 e. The maximum atomic E-state index is 12.2. The van der Waals surface area contributed by atoms with Crippen molar-refractivity contribution in [1.82, 2.24) is 9.80 Å². The summed E-state index contributed by atoms with van der Waals surface area (Å²) < 4.78 is 6.68. The number of ether oxygens (including phenoxy) is 1. The van der Waals surface area contributed by atoms with Crippen molar-refractivity contribution in [1.29, 1.82) is 0 Å². The van der Waals surface area contributed by atoms with Crippen molar-refractivity contribution in [3.63, 3.8) is 0 Å². The fourth-order valence-corrected chi connectivity index (χ4v) is 4.25. The topological polar surface area (TPSA) is 32.8 Å². The van der Waals surface area contributed by atoms with Crippen LogP contribution < -0.4 is 0 Å². The highest BCUT2D eigenvalue weighted by Crippen LogP contribution is 2.25. The highest BCUT2D eigenvalue weighted by atomic mass is 127. The summed E-state index contributed by atoms with van der Waals surface area (Å²) in [7, 11) is 0. The van der Waals surface area contributed by atoms with Gasteiger partial charge in [-0.2, -0.15) is 0 Å². The van der Waals surface area contributed by atoms with E-state index in [4.69, 9.17) is 16.3 Å². The predicted octanol–water partition coefficient (Wildman–Crippen LogP) is 4.69. The van der Waals surface area contributed by atoms with Crippen LogP contribution in [0.2, 0.25) is 5.02 Å². The Kier molecular flexibility index (Phi) is 6.42. The van der Waals surface area contributed by atoms with Crippen LogP contribution in [0, 0.1) is 10.5 Å². The minimum Gasteiger partial charge on any atom is -0.444 e. The van der Waals surface area contributed by atoms with E-state index in [1.807, 2.05) is 37.8 Å². The lowest BCUT2D eigenvalue weighted by atomic mass is 10.1. The molecule has 0 bridgehead atoms. The fraction of sp³-hybridized carbons (Fsp3) is 0.611. The summed E-state index contributed by atoms with van der Waals surface area (Å²) in [6, 6.07) is 4.31. The van der Waals surface area contributed by atoms with Gasteiger partial charge in [-0.25, -0.2) is 4.79 Å². The minimum absolute atomic E-state index is 0.216. The largest absolute Gasteiger partial charge is 0.444 e. The second-order valence-electron chi connectivity index (χ2n) is 7.43. The summed E-state index contributed by atoms with van der Waals surface area (Å²) >= 11 is 8.47. The zero-order valence-corrected chi connectivity index (χ0v) is 17.9. The summed E-state index contributed by atoms with van der Waals surface area (Å²) in [5, 5.41) is 0.781. The number of halogens is 2. The molecule has 0 aliphatic carbocycles. The van der Waals surface area contributed by atoms with E-state index in [0.29, 0.717) is 13.1 Å². The van der Waals surface area contributed by atoms with E-state index in [0.717, 1.165) is 18.1 Å². The molecule has 1 aliphatic rings. The average Bonchev–Trinajstić information content (AvgIpc) is 2.42. The zero-order chi connectivity index (χ0) is 18.1. The standard InChI is InChI=1S/C18H26ClIN2O2/c1-12-8-14(19)9-16(20)15(12)11-21-6-7-22(10-13(21)2)17(23)24-18(3,4)5/h8-9,13H,6-7,10-11H2,1-5H3/t13-/m0/s1. The molecule has 6 heteroatoms. The van der Waals surface area contributed by atoms with Crippen molar-refractivity contribution in [3.8, 4) is 0 Å². The second kappa shape index (κ2) is 7.79. The number of piperazine rings is 1. The van der Waals surface area contributed by atoms with Crippen LogP contribution in [0.5, 0.6) is 0 Å². The van der Waals surface area contributed by atoms with Gasteiger partial charge in [0.05, 0.1) is 0 Å². The van der Waals surface area contributed by atoms with Gasteiger partial charge in [0.15, 0.2) is 0 Å². The number of hydrogen-bond donors (Lipinski definition) is 0. The van der Waals surface area contributed by atoms with Gasteiger partial charge in [-0.1, -0.05) is 11.6 Å². The van der Waals surface area contributed by atoms with Gasteiger partial charge in [-0.05, 0) is 80.5 Å². The second-order valence-corrected chi connectivity index (χ2v) is 9.03. The Labute approximate surface area is 163 Å². The van der Waals surface area contributed by atoms with Crippen molar-refractivity contribution >= 4 is 40.3 Å². The molecular formula is C18H26ClIN2O2. The lowest BCUT2D eigenvalue weighted by Crippen LogP contribution is -2.54. The van der Waals surface area contributed by atoms with Crippen LogP contribution in [0.15, 0.2) is 12.1 Å². The first kappa shape index (κ1) is 19.8. The molecule has 1 heterocycles. The number of benzene rings is 1. The van der Waals surface area contributed by atoms with Crippen LogP contribution in [0.1, 0.15) is 38.8 Å². The van der Waals surface area contributed by atoms with E-state index in [-0.39, 0.29) is 12.1 Å². The molecule has 24 heavy (non-hydrogen) atoms. The van der Waals surface area contributed by atoms with Gasteiger partial charge in [0.1, 0.15) is 5.60 Å². The highest BCUT2D eigenvalue weighted by molar-refractivity contribution is 14.1. The molecule has 0 saturated carbocycles. The first-order valence-electron chi connectivity index (χ1n) is 8.23. The first-order valence-corrected chi connectivity index (χ1v) is 9.69. The van der Waals surface area contributed by atoms with Crippen LogP contribution in [0.3, 0.4) is 0 Å². The molecule has 1 amide bonds. The maximum absolute atomic E-state index is 12.2. The number of nitrogens with zero attached hydrogens (tertiary/aromatic N) is 2. The highest BCUT2D eigenvalue weighted by Gasteiger charge is 2.30. The first-order chi connectivity index (χ1) is 11.1. The van der Waals surface area contributed by atoms with Gasteiger partial charge in [0.25, 0.3) is 0 Å². The van der Waals surface area contributed by atoms with Gasteiger partial charge in [-0.15, -0.1) is 0 Å². The molecule has 0 N–H and O–H groups in total. The Morgan fingerprint density at radius 1 is 1.38 bits per heavy atom. The number of hydrogen-bond acceptors (Lipinski definition) is 3. The minimum atomic E-state index is -0.450. The third kappa shape index (κ3) is 5.23. The molecule has 1 atom stereocenters. The lowest BCUT2D eigenvalue weighted by Gasteiger charge is -2.40. The molecule has 0 spiro atoms. The quantitative estimate of drug-likeness (QED) is 0.595. The molecule has 4 nitrogen and oxygen atoms in total. The van der Waals surface area contributed by atoms with Crippen molar-refractivity contribution in [2.45, 2.75) is 52.8 Å². The summed E-state index contributed by atoms with van der Waals surface area (Å²) in [4.78, 5) is 16.5. The summed E-state index contributed by atoms with van der Waals surface area (Å²) in [6.45, 7) is 13.1. The predicted molar refractivity (Wildman–Crippen MR) is 107 cm³/mol. The Bertz CT molecular complexity index is 593. The number of aryl methyl sites for hydroxylation is 1. The van der Waals surface area contributed by atoms with Crippen LogP contribution in [0.25, 0.3) is 0 Å². The van der Waals surface area contributed by atoms with Gasteiger partial charge in [-0.3, -0.25) is 4.90 Å². The Morgan fingerprint density at radius 3 is 2.58 bits per heavy atom. The third-order valence-electron chi connectivity index (χ3n) is 4.16. The third-order valence-corrected chi connectivity index (χ3v) is 5.34. The fourth-order valence-electron chi connectivity index (χ4n) is 2.86. The van der Waals surface area contributed by atoms with Crippen LogP contribution >= 0.6 is 34.2 Å². The Balaban J connectivity index is 2.01. The summed E-state index contributed by atoms with van der Waals surface area (Å²) in [5.74, 6) is 0. The monoisotopic (exact) mass is 464 g/mol. The van der Waals surface area contributed by atoms with Crippen molar-refractivity contribution in [2.24, 2.45) is 0 Å². The molecule has 1 aromatic rings. The molecule has 2 rings (SSSR count). The Morgan fingerprint density at radius 2 is 2.04 bits per heavy atom. The number of amides is 1. The van der Waals surface area contributed by atoms with E-state index in [9.17, 15) is 4.79 Å². The van der Waals surface area contributed by atoms with Gasteiger partial charge in [0.2, 0.25) is 0 Å². The number of carbonyl (C=O) groups is 1. The molecule has 0 radical (unpaired) electrons. The van der Waals surface area contributed by atoms with Crippen LogP contribution in [0.4, 0.5) is 4.79 Å². The molecule has 0 unspecified atom stereocenters. The molecule has 134 valence electrons. The maximum Gasteiger partial charge on any atom is 0.410 e. The van der Waals surface area contributed by atoms with E-state index >= 15 is 0 Å². The normalized spacial score (nSPS) is 19.5. The molecule has 1 saturated heterocycles. The van der Waals surface area contributed by atoms with Crippen molar-refractivity contribution < 1.29 is 9.53 Å². The van der Waals surface area contributed by atoms with Gasteiger partial charge in [0, 0.05) is 40.8 Å². The molecule has 1 fully saturated rings. The van der Waals surface area contributed by atoms with E-state index in [1.54, 1.807) is 0 Å². The van der Waals surface area contributed by atoms with Crippen LogP contribution in [-0.4, -0.2) is 47.2 Å².